The molecule has 0 aliphatic carbocycles. The second-order valence-electron chi connectivity index (χ2n) is 6.28. The summed E-state index contributed by atoms with van der Waals surface area (Å²) in [6, 6.07) is 12.1. The second-order valence-corrected chi connectivity index (χ2v) is 7.22. The van der Waals surface area contributed by atoms with Crippen LogP contribution >= 0.6 is 11.3 Å². The van der Waals surface area contributed by atoms with Gasteiger partial charge in [0.2, 0.25) is 5.95 Å². The Morgan fingerprint density at radius 2 is 2.07 bits per heavy atom. The van der Waals surface area contributed by atoms with Gasteiger partial charge in [-0.1, -0.05) is 12.1 Å². The van der Waals surface area contributed by atoms with Crippen LogP contribution in [0.4, 0.5) is 11.5 Å². The topological polar surface area (TPSA) is 136 Å². The Morgan fingerprint density at radius 1 is 1.23 bits per heavy atom. The van der Waals surface area contributed by atoms with Crippen molar-refractivity contribution < 1.29 is 9.72 Å². The molecular weight excluding hydrogens is 408 g/mol. The number of nitro groups is 1. The number of non-ortho nitro benzene ring substituents is 1. The maximum atomic E-state index is 12.7. The van der Waals surface area contributed by atoms with Gasteiger partial charge in [0.05, 0.1) is 9.80 Å². The van der Waals surface area contributed by atoms with Crippen molar-refractivity contribution in [2.24, 2.45) is 0 Å². The van der Waals surface area contributed by atoms with E-state index in [0.29, 0.717) is 11.4 Å². The van der Waals surface area contributed by atoms with Crippen LogP contribution in [-0.4, -0.2) is 30.6 Å². The molecule has 4 rings (SSSR count). The van der Waals surface area contributed by atoms with Crippen molar-refractivity contribution in [2.75, 3.05) is 5.32 Å². The molecule has 0 aliphatic rings. The Morgan fingerprint density at radius 3 is 2.77 bits per heavy atom. The summed E-state index contributed by atoms with van der Waals surface area (Å²) in [5, 5.41) is 20.0. The molecule has 11 heteroatoms. The van der Waals surface area contributed by atoms with E-state index in [1.165, 1.54) is 46.4 Å². The number of aromatic amines is 1. The minimum Gasteiger partial charge on any atom is -0.306 e. The van der Waals surface area contributed by atoms with Crippen LogP contribution in [0.5, 0.6) is 0 Å². The fourth-order valence-corrected chi connectivity index (χ4v) is 3.47. The Kier molecular flexibility index (Phi) is 4.94. The molecule has 150 valence electrons. The molecule has 0 spiro atoms. The monoisotopic (exact) mass is 422 g/mol. The van der Waals surface area contributed by atoms with E-state index in [0.717, 1.165) is 4.88 Å². The lowest BCUT2D eigenvalue weighted by Gasteiger charge is -2.08. The van der Waals surface area contributed by atoms with Crippen molar-refractivity contribution >= 4 is 28.7 Å². The Bertz CT molecular complexity index is 1310. The number of H-pyrrole nitrogens is 1. The summed E-state index contributed by atoms with van der Waals surface area (Å²) in [6.45, 7) is 1.67. The van der Waals surface area contributed by atoms with Gasteiger partial charge in [0.25, 0.3) is 17.2 Å². The first-order valence-electron chi connectivity index (χ1n) is 8.69. The summed E-state index contributed by atoms with van der Waals surface area (Å²) in [7, 11) is 0. The number of rotatable bonds is 5. The first-order valence-corrected chi connectivity index (χ1v) is 9.57. The molecule has 0 radical (unpaired) electrons. The van der Waals surface area contributed by atoms with Crippen LogP contribution in [0.15, 0.2) is 58.7 Å². The van der Waals surface area contributed by atoms with Crippen LogP contribution in [0.2, 0.25) is 0 Å². The van der Waals surface area contributed by atoms with Gasteiger partial charge in [0.15, 0.2) is 0 Å². The van der Waals surface area contributed by atoms with Crippen molar-refractivity contribution in [1.29, 1.82) is 0 Å². The molecule has 1 aromatic carbocycles. The molecule has 0 fully saturated rings. The van der Waals surface area contributed by atoms with Crippen molar-refractivity contribution in [2.45, 2.75) is 6.92 Å². The van der Waals surface area contributed by atoms with E-state index in [4.69, 9.17) is 0 Å². The molecule has 1 amide bonds. The minimum atomic E-state index is -0.572. The number of carbonyl (C=O) groups is 1. The smallest absolute Gasteiger partial charge is 0.270 e. The molecule has 2 N–H and O–H groups in total. The predicted molar refractivity (Wildman–Crippen MR) is 111 cm³/mol. The van der Waals surface area contributed by atoms with Gasteiger partial charge in [0.1, 0.15) is 11.5 Å². The standard InChI is InChI=1S/C19H14N6O4S/c1-11-8-17(26)22-19(20-11)24-16(10-14(23-24)15-6-3-7-30-15)21-18(27)12-4-2-5-13(9-12)25(28)29/h2-10H,1H3,(H,21,27)(H,20,22,26). The van der Waals surface area contributed by atoms with Gasteiger partial charge < -0.3 is 5.32 Å². The van der Waals surface area contributed by atoms with Crippen molar-refractivity contribution in [1.82, 2.24) is 19.7 Å². The normalized spacial score (nSPS) is 10.7. The van der Waals surface area contributed by atoms with E-state index >= 15 is 0 Å². The third kappa shape index (κ3) is 3.86. The molecule has 0 bridgehead atoms. The van der Waals surface area contributed by atoms with Crippen molar-refractivity contribution in [3.63, 3.8) is 0 Å². The maximum Gasteiger partial charge on any atom is 0.270 e. The summed E-state index contributed by atoms with van der Waals surface area (Å²) in [4.78, 5) is 42.8. The van der Waals surface area contributed by atoms with E-state index in [2.05, 4.69) is 20.4 Å². The molecule has 0 aliphatic heterocycles. The largest absolute Gasteiger partial charge is 0.306 e. The summed E-state index contributed by atoms with van der Waals surface area (Å²) in [6.07, 6.45) is 0. The third-order valence-corrected chi connectivity index (χ3v) is 4.99. The van der Waals surface area contributed by atoms with E-state index in [9.17, 15) is 19.7 Å². The molecule has 0 atom stereocenters. The lowest BCUT2D eigenvalue weighted by atomic mass is 10.2. The van der Waals surface area contributed by atoms with Crippen LogP contribution in [0.25, 0.3) is 16.5 Å². The summed E-state index contributed by atoms with van der Waals surface area (Å²) in [5.74, 6) is -0.173. The summed E-state index contributed by atoms with van der Waals surface area (Å²) >= 11 is 1.46. The lowest BCUT2D eigenvalue weighted by molar-refractivity contribution is -0.384. The highest BCUT2D eigenvalue weighted by molar-refractivity contribution is 7.13. The van der Waals surface area contributed by atoms with Crippen LogP contribution in [-0.2, 0) is 0 Å². The number of nitrogens with one attached hydrogen (secondary N) is 2. The van der Waals surface area contributed by atoms with Crippen molar-refractivity contribution in [3.8, 4) is 16.5 Å². The fourth-order valence-electron chi connectivity index (χ4n) is 2.79. The van der Waals surface area contributed by atoms with E-state index in [1.54, 1.807) is 13.0 Å². The Labute approximate surface area is 173 Å². The highest BCUT2D eigenvalue weighted by Crippen LogP contribution is 2.27. The first kappa shape index (κ1) is 19.2. The van der Waals surface area contributed by atoms with Gasteiger partial charge in [-0.3, -0.25) is 24.7 Å². The zero-order valence-electron chi connectivity index (χ0n) is 15.5. The molecular formula is C19H14N6O4S. The number of amides is 1. The van der Waals surface area contributed by atoms with E-state index in [1.807, 2.05) is 17.5 Å². The number of thiophene rings is 1. The van der Waals surface area contributed by atoms with Crippen molar-refractivity contribution in [3.05, 3.63) is 85.6 Å². The molecule has 0 unspecified atom stereocenters. The number of carbonyl (C=O) groups excluding carboxylic acids is 1. The quantitative estimate of drug-likeness (QED) is 0.375. The molecule has 30 heavy (non-hydrogen) atoms. The molecule has 0 saturated carbocycles. The Balaban J connectivity index is 1.76. The van der Waals surface area contributed by atoms with Gasteiger partial charge in [-0.2, -0.15) is 9.78 Å². The fraction of sp³-hybridized carbons (Fsp3) is 0.0526. The number of anilines is 1. The van der Waals surface area contributed by atoms with Gasteiger partial charge >= 0.3 is 0 Å². The minimum absolute atomic E-state index is 0.111. The maximum absolute atomic E-state index is 12.7. The van der Waals surface area contributed by atoms with E-state index in [-0.39, 0.29) is 28.6 Å². The number of nitro benzene ring substituents is 1. The molecule has 3 heterocycles. The number of nitrogens with zero attached hydrogens (tertiary/aromatic N) is 4. The van der Waals surface area contributed by atoms with E-state index < -0.39 is 10.8 Å². The van der Waals surface area contributed by atoms with Gasteiger partial charge in [-0.15, -0.1) is 11.3 Å². The van der Waals surface area contributed by atoms with Gasteiger partial charge in [-0.25, -0.2) is 4.98 Å². The summed E-state index contributed by atoms with van der Waals surface area (Å²) in [5.41, 5.74) is 0.614. The number of hydrogen-bond donors (Lipinski definition) is 2. The van der Waals surface area contributed by atoms with Crippen LogP contribution in [0, 0.1) is 17.0 Å². The summed E-state index contributed by atoms with van der Waals surface area (Å²) < 4.78 is 1.32. The average molecular weight is 422 g/mol. The number of aryl methyl sites for hydroxylation is 1. The number of benzene rings is 1. The second kappa shape index (κ2) is 7.72. The molecule has 10 nitrogen and oxygen atoms in total. The van der Waals surface area contributed by atoms with Crippen LogP contribution in [0.3, 0.4) is 0 Å². The molecule has 0 saturated heterocycles. The third-order valence-electron chi connectivity index (χ3n) is 4.10. The average Bonchev–Trinajstić information content (AvgIpc) is 3.37. The molecule has 4 aromatic rings. The lowest BCUT2D eigenvalue weighted by Crippen LogP contribution is -2.19. The number of hydrogen-bond acceptors (Lipinski definition) is 7. The zero-order valence-corrected chi connectivity index (χ0v) is 16.3. The Hall–Kier alpha value is -4.12. The zero-order chi connectivity index (χ0) is 21.3. The highest BCUT2D eigenvalue weighted by Gasteiger charge is 2.18. The van der Waals surface area contributed by atoms with Crippen LogP contribution in [0.1, 0.15) is 16.1 Å². The van der Waals surface area contributed by atoms with Gasteiger partial charge in [-0.05, 0) is 24.4 Å². The van der Waals surface area contributed by atoms with Gasteiger partial charge in [0, 0.05) is 35.5 Å². The SMILES string of the molecule is Cc1cc(=O)[nH]c(-n2nc(-c3cccs3)cc2NC(=O)c2cccc([N+](=O)[O-])c2)n1. The van der Waals surface area contributed by atoms with Crippen LogP contribution < -0.4 is 10.9 Å². The predicted octanol–water partition coefficient (Wildman–Crippen LogP) is 3.15. The highest BCUT2D eigenvalue weighted by atomic mass is 32.1. The molecule has 3 aromatic heterocycles. The first-order chi connectivity index (χ1) is 14.4. The number of aromatic nitrogens is 4.